The zero-order valence-electron chi connectivity index (χ0n) is 11.3. The zero-order chi connectivity index (χ0) is 13.2. The average Bonchev–Trinajstić information content (AvgIpc) is 2.71. The number of fused-ring (bicyclic) bond motifs is 2. The molecule has 4 heteroatoms. The molecule has 3 rings (SSSR count). The monoisotopic (exact) mass is 260 g/mol. The molecule has 0 aromatic carbocycles. The highest BCUT2D eigenvalue weighted by Gasteiger charge is 2.43. The highest BCUT2D eigenvalue weighted by molar-refractivity contribution is 5.77. The lowest BCUT2D eigenvalue weighted by Crippen LogP contribution is -2.49. The molecule has 2 aliphatic heterocycles. The van der Waals surface area contributed by atoms with Gasteiger partial charge in [0.1, 0.15) is 11.9 Å². The number of hydrogen-bond donors (Lipinski definition) is 0. The van der Waals surface area contributed by atoms with E-state index in [2.05, 4.69) is 9.88 Å². The summed E-state index contributed by atoms with van der Waals surface area (Å²) in [7, 11) is 0. The first kappa shape index (κ1) is 12.5. The van der Waals surface area contributed by atoms with E-state index in [0.717, 1.165) is 31.4 Å². The number of hydrogen-bond acceptors (Lipinski definition) is 3. The fourth-order valence-corrected chi connectivity index (χ4v) is 3.42. The Labute approximate surface area is 113 Å². The van der Waals surface area contributed by atoms with Crippen molar-refractivity contribution >= 4 is 5.91 Å². The van der Waals surface area contributed by atoms with Crippen LogP contribution in [-0.2, 0) is 4.79 Å². The largest absolute Gasteiger partial charge is 0.489 e. The van der Waals surface area contributed by atoms with Crippen LogP contribution in [-0.4, -0.2) is 34.0 Å². The second-order valence-electron chi connectivity index (χ2n) is 5.44. The van der Waals surface area contributed by atoms with Crippen molar-refractivity contribution in [2.75, 3.05) is 0 Å². The molecular weight excluding hydrogens is 240 g/mol. The summed E-state index contributed by atoms with van der Waals surface area (Å²) in [6, 6.07) is 4.60. The van der Waals surface area contributed by atoms with Gasteiger partial charge in [-0.1, -0.05) is 6.92 Å². The maximum Gasteiger partial charge on any atom is 0.222 e. The van der Waals surface area contributed by atoms with E-state index in [-0.39, 0.29) is 6.10 Å². The third-order valence-electron chi connectivity index (χ3n) is 4.22. The molecule has 1 aromatic heterocycles. The third-order valence-corrected chi connectivity index (χ3v) is 4.22. The van der Waals surface area contributed by atoms with Gasteiger partial charge in [-0.25, -0.2) is 0 Å². The van der Waals surface area contributed by atoms with E-state index in [1.165, 1.54) is 0 Å². The summed E-state index contributed by atoms with van der Waals surface area (Å²) in [6.07, 6.45) is 8.51. The number of amides is 1. The molecule has 0 spiro atoms. The number of piperidine rings is 1. The molecule has 3 heterocycles. The summed E-state index contributed by atoms with van der Waals surface area (Å²) in [4.78, 5) is 18.2. The molecule has 102 valence electrons. The van der Waals surface area contributed by atoms with Crippen molar-refractivity contribution in [1.82, 2.24) is 9.88 Å². The van der Waals surface area contributed by atoms with E-state index in [4.69, 9.17) is 4.74 Å². The van der Waals surface area contributed by atoms with Crippen molar-refractivity contribution in [3.8, 4) is 5.75 Å². The maximum atomic E-state index is 12.0. The third kappa shape index (κ3) is 2.44. The molecule has 1 aromatic rings. The Bertz CT molecular complexity index is 435. The molecule has 2 atom stereocenters. The van der Waals surface area contributed by atoms with E-state index in [0.29, 0.717) is 24.4 Å². The van der Waals surface area contributed by atoms with Crippen molar-refractivity contribution in [2.24, 2.45) is 0 Å². The predicted octanol–water partition coefficient (Wildman–Crippen LogP) is 2.39. The number of nitrogens with zero attached hydrogens (tertiary/aromatic N) is 2. The number of ether oxygens (including phenoxy) is 1. The second-order valence-corrected chi connectivity index (χ2v) is 5.44. The van der Waals surface area contributed by atoms with Crippen LogP contribution in [0, 0.1) is 0 Å². The highest BCUT2D eigenvalue weighted by atomic mass is 16.5. The van der Waals surface area contributed by atoms with Crippen LogP contribution in [0.1, 0.15) is 39.0 Å². The minimum atomic E-state index is 0.225. The molecule has 2 bridgehead atoms. The predicted molar refractivity (Wildman–Crippen MR) is 71.8 cm³/mol. The number of carbonyl (C=O) groups excluding carboxylic acids is 1. The molecular formula is C15H20N2O2. The van der Waals surface area contributed by atoms with Gasteiger partial charge in [-0.2, -0.15) is 0 Å². The minimum Gasteiger partial charge on any atom is -0.489 e. The van der Waals surface area contributed by atoms with Crippen LogP contribution in [0.2, 0.25) is 0 Å². The molecule has 4 nitrogen and oxygen atoms in total. The average molecular weight is 260 g/mol. The van der Waals surface area contributed by atoms with Crippen LogP contribution in [0.25, 0.3) is 0 Å². The molecule has 0 aliphatic carbocycles. The van der Waals surface area contributed by atoms with Crippen molar-refractivity contribution in [2.45, 2.75) is 57.2 Å². The maximum absolute atomic E-state index is 12.0. The molecule has 19 heavy (non-hydrogen) atoms. The first-order chi connectivity index (χ1) is 9.28. The van der Waals surface area contributed by atoms with Crippen LogP contribution < -0.4 is 4.74 Å². The SMILES string of the molecule is CCC(=O)N1C2CCC1CC(Oc1cccnc1)C2. The molecule has 0 radical (unpaired) electrons. The standard InChI is InChI=1S/C15H20N2O2/c1-2-15(18)17-11-5-6-12(17)9-14(8-11)19-13-4-3-7-16-10-13/h3-4,7,10-12,14H,2,5-6,8-9H2,1H3. The van der Waals surface area contributed by atoms with E-state index < -0.39 is 0 Å². The molecule has 0 N–H and O–H groups in total. The molecule has 2 fully saturated rings. The summed E-state index contributed by atoms with van der Waals surface area (Å²) in [5, 5.41) is 0. The van der Waals surface area contributed by atoms with Gasteiger partial charge in [0.05, 0.1) is 6.20 Å². The lowest BCUT2D eigenvalue weighted by Gasteiger charge is -2.38. The van der Waals surface area contributed by atoms with Gasteiger partial charge in [0.2, 0.25) is 5.91 Å². The molecule has 2 unspecified atom stereocenters. The Balaban J connectivity index is 1.66. The molecule has 0 saturated carbocycles. The van der Waals surface area contributed by atoms with Crippen molar-refractivity contribution < 1.29 is 9.53 Å². The van der Waals surface area contributed by atoms with Crippen LogP contribution in [0.4, 0.5) is 0 Å². The number of pyridine rings is 1. The van der Waals surface area contributed by atoms with Gasteiger partial charge in [0.15, 0.2) is 0 Å². The Morgan fingerprint density at radius 1 is 1.42 bits per heavy atom. The quantitative estimate of drug-likeness (QED) is 0.838. The fraction of sp³-hybridized carbons (Fsp3) is 0.600. The van der Waals surface area contributed by atoms with E-state index >= 15 is 0 Å². The van der Waals surface area contributed by atoms with E-state index in [1.54, 1.807) is 12.4 Å². The zero-order valence-corrected chi connectivity index (χ0v) is 11.3. The Hall–Kier alpha value is -1.58. The molecule has 1 amide bonds. The lowest BCUT2D eigenvalue weighted by atomic mass is 9.99. The van der Waals surface area contributed by atoms with Crippen LogP contribution in [0.3, 0.4) is 0 Å². The van der Waals surface area contributed by atoms with Gasteiger partial charge in [0, 0.05) is 37.5 Å². The fourth-order valence-electron chi connectivity index (χ4n) is 3.42. The summed E-state index contributed by atoms with van der Waals surface area (Å²) in [5.41, 5.74) is 0. The summed E-state index contributed by atoms with van der Waals surface area (Å²) >= 11 is 0. The van der Waals surface area contributed by atoms with Gasteiger partial charge in [-0.15, -0.1) is 0 Å². The van der Waals surface area contributed by atoms with Gasteiger partial charge >= 0.3 is 0 Å². The van der Waals surface area contributed by atoms with Gasteiger partial charge in [-0.05, 0) is 25.0 Å². The summed E-state index contributed by atoms with van der Waals surface area (Å²) in [6.45, 7) is 1.94. The Morgan fingerprint density at radius 2 is 2.16 bits per heavy atom. The topological polar surface area (TPSA) is 42.4 Å². The highest BCUT2D eigenvalue weighted by Crippen LogP contribution is 2.37. The van der Waals surface area contributed by atoms with Crippen LogP contribution >= 0.6 is 0 Å². The molecule has 2 saturated heterocycles. The first-order valence-electron chi connectivity index (χ1n) is 7.15. The summed E-state index contributed by atoms with van der Waals surface area (Å²) in [5.74, 6) is 1.13. The number of rotatable bonds is 3. The number of carbonyl (C=O) groups is 1. The van der Waals surface area contributed by atoms with Crippen molar-refractivity contribution in [3.05, 3.63) is 24.5 Å². The van der Waals surface area contributed by atoms with Crippen LogP contribution in [0.15, 0.2) is 24.5 Å². The Kier molecular flexibility index (Phi) is 3.40. The second kappa shape index (κ2) is 5.19. The van der Waals surface area contributed by atoms with Gasteiger partial charge < -0.3 is 9.64 Å². The Morgan fingerprint density at radius 3 is 2.74 bits per heavy atom. The van der Waals surface area contributed by atoms with Crippen molar-refractivity contribution in [3.63, 3.8) is 0 Å². The van der Waals surface area contributed by atoms with Gasteiger partial charge in [0.25, 0.3) is 0 Å². The smallest absolute Gasteiger partial charge is 0.222 e. The minimum absolute atomic E-state index is 0.225. The van der Waals surface area contributed by atoms with Gasteiger partial charge in [-0.3, -0.25) is 9.78 Å². The normalized spacial score (nSPS) is 29.3. The lowest BCUT2D eigenvalue weighted by molar-refractivity contribution is -0.136. The molecule has 2 aliphatic rings. The van der Waals surface area contributed by atoms with Crippen molar-refractivity contribution in [1.29, 1.82) is 0 Å². The number of aromatic nitrogens is 1. The van der Waals surface area contributed by atoms with Crippen LogP contribution in [0.5, 0.6) is 5.75 Å². The van der Waals surface area contributed by atoms with E-state index in [1.807, 2.05) is 19.1 Å². The first-order valence-corrected chi connectivity index (χ1v) is 7.15. The summed E-state index contributed by atoms with van der Waals surface area (Å²) < 4.78 is 6.00. The van der Waals surface area contributed by atoms with E-state index in [9.17, 15) is 4.79 Å².